The third kappa shape index (κ3) is 3.43. The minimum absolute atomic E-state index is 0.240. The summed E-state index contributed by atoms with van der Waals surface area (Å²) in [6.45, 7) is 5.82. The average Bonchev–Trinajstić information content (AvgIpc) is 2.81. The van der Waals surface area contributed by atoms with Gasteiger partial charge in [-0.3, -0.25) is 0 Å². The summed E-state index contributed by atoms with van der Waals surface area (Å²) in [4.78, 5) is 16.5. The van der Waals surface area contributed by atoms with E-state index in [0.29, 0.717) is 21.5 Å². The Morgan fingerprint density at radius 1 is 1.48 bits per heavy atom. The van der Waals surface area contributed by atoms with E-state index in [4.69, 9.17) is 5.11 Å². The van der Waals surface area contributed by atoms with Crippen molar-refractivity contribution in [1.82, 2.24) is 4.98 Å². The molecule has 0 amide bonds. The third-order valence-electron chi connectivity index (χ3n) is 2.70. The van der Waals surface area contributed by atoms with Crippen LogP contribution in [0.5, 0.6) is 0 Å². The predicted molar refractivity (Wildman–Crippen MR) is 85.0 cm³/mol. The van der Waals surface area contributed by atoms with Crippen molar-refractivity contribution in [1.29, 1.82) is 5.26 Å². The lowest BCUT2D eigenvalue weighted by Crippen LogP contribution is -1.94. The Balaban J connectivity index is 2.44. The first-order valence-electron chi connectivity index (χ1n) is 6.34. The van der Waals surface area contributed by atoms with Crippen molar-refractivity contribution in [3.63, 3.8) is 0 Å². The second-order valence-electron chi connectivity index (χ2n) is 4.73. The monoisotopic (exact) mass is 318 g/mol. The van der Waals surface area contributed by atoms with E-state index in [1.54, 1.807) is 24.8 Å². The van der Waals surface area contributed by atoms with Gasteiger partial charge in [0, 0.05) is 15.7 Å². The zero-order chi connectivity index (χ0) is 15.6. The molecule has 4 nitrogen and oxygen atoms in total. The van der Waals surface area contributed by atoms with Gasteiger partial charge >= 0.3 is 5.97 Å². The number of carboxylic acids is 1. The molecule has 0 aliphatic rings. The molecule has 0 saturated carbocycles. The van der Waals surface area contributed by atoms with Crippen LogP contribution in [0.4, 0.5) is 0 Å². The fourth-order valence-electron chi connectivity index (χ4n) is 1.83. The summed E-state index contributed by atoms with van der Waals surface area (Å²) in [5.41, 5.74) is 1.87. The number of nitrogens with zero attached hydrogens (tertiary/aromatic N) is 2. The van der Waals surface area contributed by atoms with Crippen LogP contribution in [-0.2, 0) is 0 Å². The molecule has 1 aromatic heterocycles. The summed E-state index contributed by atoms with van der Waals surface area (Å²) in [6, 6.07) is 7.75. The summed E-state index contributed by atoms with van der Waals surface area (Å²) in [5.74, 6) is -0.969. The van der Waals surface area contributed by atoms with E-state index in [2.05, 4.69) is 24.9 Å². The molecule has 0 saturated heterocycles. The van der Waals surface area contributed by atoms with Crippen molar-refractivity contribution < 1.29 is 9.90 Å². The van der Waals surface area contributed by atoms with Crippen LogP contribution in [0.2, 0.25) is 0 Å². The number of aromatic nitrogens is 1. The van der Waals surface area contributed by atoms with Gasteiger partial charge in [0.15, 0.2) is 0 Å². The van der Waals surface area contributed by atoms with Gasteiger partial charge in [0.25, 0.3) is 0 Å². The molecule has 0 fully saturated rings. The van der Waals surface area contributed by atoms with Crippen molar-refractivity contribution in [2.75, 3.05) is 0 Å². The highest BCUT2D eigenvalue weighted by Gasteiger charge is 2.16. The van der Waals surface area contributed by atoms with Gasteiger partial charge in [0.2, 0.25) is 0 Å². The van der Waals surface area contributed by atoms with Gasteiger partial charge < -0.3 is 5.11 Å². The van der Waals surface area contributed by atoms with Crippen molar-refractivity contribution in [3.8, 4) is 16.6 Å². The molecule has 1 N–H and O–H groups in total. The molecule has 1 heterocycles. The molecule has 6 heteroatoms. The van der Waals surface area contributed by atoms with E-state index in [1.807, 2.05) is 12.1 Å². The Bertz CT molecular complexity index is 730. The summed E-state index contributed by atoms with van der Waals surface area (Å²) >= 11 is 2.77. The molecule has 0 bridgehead atoms. The van der Waals surface area contributed by atoms with Gasteiger partial charge in [-0.15, -0.1) is 23.1 Å². The zero-order valence-electron chi connectivity index (χ0n) is 11.9. The largest absolute Gasteiger partial charge is 0.477 e. The van der Waals surface area contributed by atoms with E-state index in [9.17, 15) is 10.1 Å². The second kappa shape index (κ2) is 6.29. The lowest BCUT2D eigenvalue weighted by molar-refractivity contribution is 0.0701. The molecule has 2 rings (SSSR count). The molecule has 0 aliphatic heterocycles. The van der Waals surface area contributed by atoms with Gasteiger partial charge in [-0.2, -0.15) is 5.26 Å². The maximum Gasteiger partial charge on any atom is 0.347 e. The maximum absolute atomic E-state index is 11.1. The Morgan fingerprint density at radius 2 is 2.19 bits per heavy atom. The number of thioether (sulfide) groups is 1. The number of carbonyl (C=O) groups is 1. The number of benzene rings is 1. The number of hydrogen-bond donors (Lipinski definition) is 1. The van der Waals surface area contributed by atoms with Crippen LogP contribution in [0.1, 0.15) is 34.8 Å². The number of nitriles is 1. The zero-order valence-corrected chi connectivity index (χ0v) is 13.5. The summed E-state index contributed by atoms with van der Waals surface area (Å²) < 4.78 is 0. The number of carboxylic acid groups (broad SMARTS) is 1. The van der Waals surface area contributed by atoms with Crippen LogP contribution < -0.4 is 0 Å². The molecule has 0 unspecified atom stereocenters. The molecule has 21 heavy (non-hydrogen) atoms. The van der Waals surface area contributed by atoms with Gasteiger partial charge in [0.05, 0.1) is 11.3 Å². The quantitative estimate of drug-likeness (QED) is 0.856. The molecule has 108 valence electrons. The van der Waals surface area contributed by atoms with Crippen LogP contribution in [0, 0.1) is 18.3 Å². The first kappa shape index (κ1) is 15.5. The number of rotatable bonds is 4. The standard InChI is InChI=1S/C15H14N2O2S2/c1-8(2)20-12-5-4-10(6-11(12)7-16)14-17-9(3)13(21-14)15(18)19/h4-6,8H,1-3H3,(H,18,19). The van der Waals surface area contributed by atoms with Gasteiger partial charge in [-0.25, -0.2) is 9.78 Å². The van der Waals surface area contributed by atoms with Crippen molar-refractivity contribution in [3.05, 3.63) is 34.3 Å². The highest BCUT2D eigenvalue weighted by Crippen LogP contribution is 2.33. The lowest BCUT2D eigenvalue weighted by Gasteiger charge is -2.07. The highest BCUT2D eigenvalue weighted by molar-refractivity contribution is 8.00. The molecule has 0 atom stereocenters. The molecule has 2 aromatic rings. The first-order chi connectivity index (χ1) is 9.92. The molecular formula is C15H14N2O2S2. The van der Waals surface area contributed by atoms with Crippen LogP contribution in [0.15, 0.2) is 23.1 Å². The molecule has 1 aromatic carbocycles. The van der Waals surface area contributed by atoms with Gasteiger partial charge in [0.1, 0.15) is 16.0 Å². The molecule has 0 spiro atoms. The number of hydrogen-bond acceptors (Lipinski definition) is 5. The first-order valence-corrected chi connectivity index (χ1v) is 8.04. The lowest BCUT2D eigenvalue weighted by atomic mass is 10.1. The van der Waals surface area contributed by atoms with E-state index in [0.717, 1.165) is 21.8 Å². The van der Waals surface area contributed by atoms with E-state index >= 15 is 0 Å². The number of thiazole rings is 1. The Hall–Kier alpha value is -1.84. The molecular weight excluding hydrogens is 304 g/mol. The third-order valence-corrected chi connectivity index (χ3v) is 4.98. The van der Waals surface area contributed by atoms with Crippen molar-refractivity contribution >= 4 is 29.1 Å². The Kier molecular flexibility index (Phi) is 4.66. The molecule has 0 radical (unpaired) electrons. The summed E-state index contributed by atoms with van der Waals surface area (Å²) in [5, 5.41) is 19.4. The smallest absolute Gasteiger partial charge is 0.347 e. The minimum atomic E-state index is -0.969. The summed E-state index contributed by atoms with van der Waals surface area (Å²) in [6.07, 6.45) is 0. The van der Waals surface area contributed by atoms with E-state index < -0.39 is 5.97 Å². The SMILES string of the molecule is Cc1nc(-c2ccc(SC(C)C)c(C#N)c2)sc1C(=O)O. The fraction of sp³-hybridized carbons (Fsp3) is 0.267. The van der Waals surface area contributed by atoms with Crippen LogP contribution >= 0.6 is 23.1 Å². The van der Waals surface area contributed by atoms with Gasteiger partial charge in [-0.05, 0) is 19.1 Å². The summed E-state index contributed by atoms with van der Waals surface area (Å²) in [7, 11) is 0. The highest BCUT2D eigenvalue weighted by atomic mass is 32.2. The van der Waals surface area contributed by atoms with Gasteiger partial charge in [-0.1, -0.05) is 19.9 Å². The minimum Gasteiger partial charge on any atom is -0.477 e. The average molecular weight is 318 g/mol. The fourth-order valence-corrected chi connectivity index (χ4v) is 3.61. The Labute approximate surface area is 131 Å². The second-order valence-corrected chi connectivity index (χ2v) is 7.35. The maximum atomic E-state index is 11.1. The van der Waals surface area contributed by atoms with Crippen molar-refractivity contribution in [2.45, 2.75) is 30.9 Å². The van der Waals surface area contributed by atoms with Crippen LogP contribution in [0.3, 0.4) is 0 Å². The molecule has 0 aliphatic carbocycles. The van der Waals surface area contributed by atoms with E-state index in [-0.39, 0.29) is 4.88 Å². The number of aromatic carboxylic acids is 1. The number of aryl methyl sites for hydroxylation is 1. The predicted octanol–water partition coefficient (Wildman–Crippen LogP) is 4.19. The van der Waals surface area contributed by atoms with Crippen molar-refractivity contribution in [2.24, 2.45) is 0 Å². The van der Waals surface area contributed by atoms with Crippen LogP contribution in [-0.4, -0.2) is 21.3 Å². The topological polar surface area (TPSA) is 74.0 Å². The van der Waals surface area contributed by atoms with E-state index in [1.165, 1.54) is 0 Å². The van der Waals surface area contributed by atoms with Crippen LogP contribution in [0.25, 0.3) is 10.6 Å². The normalized spacial score (nSPS) is 10.6. The Morgan fingerprint density at radius 3 is 2.71 bits per heavy atom.